The second kappa shape index (κ2) is 8.64. The van der Waals surface area contributed by atoms with Gasteiger partial charge in [0.2, 0.25) is 5.91 Å². The van der Waals surface area contributed by atoms with Crippen molar-refractivity contribution in [2.75, 3.05) is 26.0 Å². The molecule has 0 unspecified atom stereocenters. The summed E-state index contributed by atoms with van der Waals surface area (Å²) in [7, 11) is 3.20. The standard InChI is InChI=1S/C18H18FN3O3S2/c1-22-17(24)15-13(11-3-5-12(19)6-4-11)9-26-16(15)21-18(22)27-10-14(23)20-7-8-25-2/h3-6,9H,7-8,10H2,1-2H3,(H,20,23). The molecule has 142 valence electrons. The summed E-state index contributed by atoms with van der Waals surface area (Å²) < 4.78 is 19.5. The molecular formula is C18H18FN3O3S2. The van der Waals surface area contributed by atoms with Crippen LogP contribution in [0.4, 0.5) is 4.39 Å². The quantitative estimate of drug-likeness (QED) is 0.370. The monoisotopic (exact) mass is 407 g/mol. The lowest BCUT2D eigenvalue weighted by Crippen LogP contribution is -2.29. The SMILES string of the molecule is COCCNC(=O)CSc1nc2scc(-c3ccc(F)cc3)c2c(=O)n1C. The van der Waals surface area contributed by atoms with Gasteiger partial charge in [0.1, 0.15) is 10.6 Å². The van der Waals surface area contributed by atoms with Gasteiger partial charge in [-0.15, -0.1) is 11.3 Å². The van der Waals surface area contributed by atoms with Crippen molar-refractivity contribution < 1.29 is 13.9 Å². The highest BCUT2D eigenvalue weighted by molar-refractivity contribution is 7.99. The number of ether oxygens (including phenoxy) is 1. The first-order valence-electron chi connectivity index (χ1n) is 8.14. The molecule has 2 aromatic heterocycles. The predicted octanol–water partition coefficient (Wildman–Crippen LogP) is 2.66. The summed E-state index contributed by atoms with van der Waals surface area (Å²) in [5, 5.41) is 5.55. The van der Waals surface area contributed by atoms with Crippen molar-refractivity contribution in [2.45, 2.75) is 5.16 Å². The zero-order chi connectivity index (χ0) is 19.4. The number of thiophene rings is 1. The Bertz CT molecular complexity index is 1020. The number of benzene rings is 1. The van der Waals surface area contributed by atoms with E-state index in [2.05, 4.69) is 10.3 Å². The minimum absolute atomic E-state index is 0.149. The summed E-state index contributed by atoms with van der Waals surface area (Å²) in [4.78, 5) is 29.8. The van der Waals surface area contributed by atoms with Gasteiger partial charge in [-0.1, -0.05) is 23.9 Å². The average Bonchev–Trinajstić information content (AvgIpc) is 3.08. The highest BCUT2D eigenvalue weighted by Gasteiger charge is 2.16. The van der Waals surface area contributed by atoms with Gasteiger partial charge in [0.15, 0.2) is 5.16 Å². The van der Waals surface area contributed by atoms with Crippen LogP contribution >= 0.6 is 23.1 Å². The van der Waals surface area contributed by atoms with Crippen LogP contribution in [0.3, 0.4) is 0 Å². The topological polar surface area (TPSA) is 73.2 Å². The van der Waals surface area contributed by atoms with Gasteiger partial charge in [-0.05, 0) is 17.7 Å². The molecule has 0 atom stereocenters. The Kier molecular flexibility index (Phi) is 6.25. The van der Waals surface area contributed by atoms with Crippen molar-refractivity contribution >= 4 is 39.2 Å². The van der Waals surface area contributed by atoms with Crippen molar-refractivity contribution in [2.24, 2.45) is 7.05 Å². The highest BCUT2D eigenvalue weighted by atomic mass is 32.2. The molecule has 0 saturated heterocycles. The maximum Gasteiger partial charge on any atom is 0.263 e. The number of halogens is 1. The molecule has 2 heterocycles. The number of carbonyl (C=O) groups excluding carboxylic acids is 1. The van der Waals surface area contributed by atoms with Crippen LogP contribution in [0.1, 0.15) is 0 Å². The lowest BCUT2D eigenvalue weighted by atomic mass is 10.1. The van der Waals surface area contributed by atoms with Gasteiger partial charge in [0.25, 0.3) is 5.56 Å². The van der Waals surface area contributed by atoms with Crippen LogP contribution in [0, 0.1) is 5.82 Å². The summed E-state index contributed by atoms with van der Waals surface area (Å²) in [5.41, 5.74) is 1.30. The number of hydrogen-bond acceptors (Lipinski definition) is 6. The fourth-order valence-corrected chi connectivity index (χ4v) is 4.29. The van der Waals surface area contributed by atoms with E-state index in [4.69, 9.17) is 4.74 Å². The van der Waals surface area contributed by atoms with E-state index in [1.165, 1.54) is 39.8 Å². The maximum atomic E-state index is 13.2. The van der Waals surface area contributed by atoms with Crippen molar-refractivity contribution in [1.82, 2.24) is 14.9 Å². The third kappa shape index (κ3) is 4.37. The fourth-order valence-electron chi connectivity index (χ4n) is 2.50. The molecule has 0 bridgehead atoms. The second-order valence-corrected chi connectivity index (χ2v) is 7.53. The lowest BCUT2D eigenvalue weighted by Gasteiger charge is -2.08. The minimum atomic E-state index is -0.327. The van der Waals surface area contributed by atoms with E-state index in [9.17, 15) is 14.0 Å². The summed E-state index contributed by atoms with van der Waals surface area (Å²) in [6.07, 6.45) is 0. The molecule has 3 aromatic rings. The van der Waals surface area contributed by atoms with Gasteiger partial charge in [-0.25, -0.2) is 9.37 Å². The zero-order valence-corrected chi connectivity index (χ0v) is 16.5. The molecule has 0 fully saturated rings. The number of nitrogens with one attached hydrogen (secondary N) is 1. The van der Waals surface area contributed by atoms with E-state index < -0.39 is 0 Å². The molecule has 0 aliphatic carbocycles. The summed E-state index contributed by atoms with van der Waals surface area (Å²) in [6.45, 7) is 0.883. The third-order valence-electron chi connectivity index (χ3n) is 3.89. The molecule has 9 heteroatoms. The Morgan fingerprint density at radius 3 is 2.81 bits per heavy atom. The summed E-state index contributed by atoms with van der Waals surface area (Å²) in [6, 6.07) is 6.01. The van der Waals surface area contributed by atoms with Gasteiger partial charge in [0.05, 0.1) is 17.7 Å². The molecule has 1 aromatic carbocycles. The first-order chi connectivity index (χ1) is 13.0. The van der Waals surface area contributed by atoms with Crippen LogP contribution in [0.5, 0.6) is 0 Å². The first-order valence-corrected chi connectivity index (χ1v) is 10.0. The van der Waals surface area contributed by atoms with Gasteiger partial charge in [-0.2, -0.15) is 0 Å². The van der Waals surface area contributed by atoms with Crippen LogP contribution in [0.15, 0.2) is 39.6 Å². The van der Waals surface area contributed by atoms with Crippen LogP contribution in [0.25, 0.3) is 21.3 Å². The number of hydrogen-bond donors (Lipinski definition) is 1. The van der Waals surface area contributed by atoms with E-state index in [0.717, 1.165) is 11.1 Å². The molecule has 6 nitrogen and oxygen atoms in total. The van der Waals surface area contributed by atoms with E-state index in [0.29, 0.717) is 28.5 Å². The molecule has 0 aliphatic heterocycles. The van der Waals surface area contributed by atoms with Gasteiger partial charge >= 0.3 is 0 Å². The smallest absolute Gasteiger partial charge is 0.263 e. The zero-order valence-electron chi connectivity index (χ0n) is 14.8. The van der Waals surface area contributed by atoms with Crippen LogP contribution < -0.4 is 10.9 Å². The predicted molar refractivity (Wildman–Crippen MR) is 106 cm³/mol. The van der Waals surface area contributed by atoms with Gasteiger partial charge in [0, 0.05) is 31.6 Å². The lowest BCUT2D eigenvalue weighted by molar-refractivity contribution is -0.118. The average molecular weight is 407 g/mol. The Hall–Kier alpha value is -2.23. The molecule has 0 aliphatic rings. The van der Waals surface area contributed by atoms with E-state index in [1.54, 1.807) is 26.3 Å². The van der Waals surface area contributed by atoms with Crippen LogP contribution in [-0.4, -0.2) is 41.5 Å². The largest absolute Gasteiger partial charge is 0.383 e. The number of methoxy groups -OCH3 is 1. The van der Waals surface area contributed by atoms with Crippen molar-refractivity contribution in [3.05, 3.63) is 45.8 Å². The highest BCUT2D eigenvalue weighted by Crippen LogP contribution is 2.32. The fraction of sp³-hybridized carbons (Fsp3) is 0.278. The van der Waals surface area contributed by atoms with E-state index in [-0.39, 0.29) is 23.0 Å². The maximum absolute atomic E-state index is 13.2. The Balaban J connectivity index is 1.86. The van der Waals surface area contributed by atoms with E-state index >= 15 is 0 Å². The van der Waals surface area contributed by atoms with Gasteiger partial charge < -0.3 is 10.1 Å². The summed E-state index contributed by atoms with van der Waals surface area (Å²) >= 11 is 2.56. The molecule has 1 N–H and O–H groups in total. The van der Waals surface area contributed by atoms with Crippen molar-refractivity contribution in [3.63, 3.8) is 0 Å². The molecule has 27 heavy (non-hydrogen) atoms. The van der Waals surface area contributed by atoms with Crippen molar-refractivity contribution in [1.29, 1.82) is 0 Å². The molecule has 1 amide bonds. The first kappa shape index (κ1) is 19.5. The molecular weight excluding hydrogens is 389 g/mol. The Morgan fingerprint density at radius 1 is 1.37 bits per heavy atom. The third-order valence-corrected chi connectivity index (χ3v) is 5.79. The molecule has 0 spiro atoms. The van der Waals surface area contributed by atoms with Crippen LogP contribution in [0.2, 0.25) is 0 Å². The Labute approximate surface area is 163 Å². The van der Waals surface area contributed by atoms with E-state index in [1.807, 2.05) is 5.38 Å². The molecule has 0 radical (unpaired) electrons. The van der Waals surface area contributed by atoms with Gasteiger partial charge in [-0.3, -0.25) is 14.2 Å². The molecule has 0 saturated carbocycles. The second-order valence-electron chi connectivity index (χ2n) is 5.73. The normalized spacial score (nSPS) is 11.1. The number of thioether (sulfide) groups is 1. The summed E-state index contributed by atoms with van der Waals surface area (Å²) in [5.74, 6) is -0.317. The number of amides is 1. The van der Waals surface area contributed by atoms with Crippen LogP contribution in [-0.2, 0) is 16.6 Å². The number of fused-ring (bicyclic) bond motifs is 1. The molecule has 3 rings (SSSR count). The number of nitrogens with zero attached hydrogens (tertiary/aromatic N) is 2. The Morgan fingerprint density at radius 2 is 2.11 bits per heavy atom. The number of rotatable bonds is 7. The van der Waals surface area contributed by atoms with Crippen molar-refractivity contribution in [3.8, 4) is 11.1 Å². The minimum Gasteiger partial charge on any atom is -0.383 e. The number of carbonyl (C=O) groups is 1. The number of aromatic nitrogens is 2.